The highest BCUT2D eigenvalue weighted by molar-refractivity contribution is 5.07. The van der Waals surface area contributed by atoms with Crippen LogP contribution in [0, 0.1) is 5.92 Å². The fourth-order valence-electron chi connectivity index (χ4n) is 3.21. The number of ether oxygens (including phenoxy) is 1. The van der Waals surface area contributed by atoms with Crippen molar-refractivity contribution in [3.63, 3.8) is 0 Å². The van der Waals surface area contributed by atoms with Gasteiger partial charge in [0.15, 0.2) is 0 Å². The van der Waals surface area contributed by atoms with Crippen LogP contribution in [0.15, 0.2) is 12.4 Å². The van der Waals surface area contributed by atoms with Crippen LogP contribution in [0.2, 0.25) is 0 Å². The van der Waals surface area contributed by atoms with E-state index in [2.05, 4.69) is 16.9 Å². The van der Waals surface area contributed by atoms with E-state index in [-0.39, 0.29) is 0 Å². The van der Waals surface area contributed by atoms with E-state index in [9.17, 15) is 0 Å². The van der Waals surface area contributed by atoms with Gasteiger partial charge < -0.3 is 4.74 Å². The molecule has 0 amide bonds. The highest BCUT2D eigenvalue weighted by atomic mass is 16.5. The summed E-state index contributed by atoms with van der Waals surface area (Å²) in [6.45, 7) is 2.88. The molecule has 20 heavy (non-hydrogen) atoms. The molecule has 1 saturated carbocycles. The first-order chi connectivity index (χ1) is 9.83. The lowest BCUT2D eigenvalue weighted by Gasteiger charge is -2.27. The molecule has 1 aromatic rings. The number of methoxy groups -OCH3 is 1. The Labute approximate surface area is 123 Å². The summed E-state index contributed by atoms with van der Waals surface area (Å²) in [5, 5.41) is 0. The van der Waals surface area contributed by atoms with Gasteiger partial charge in [0.25, 0.3) is 0 Å². The number of hydrogen-bond acceptors (Lipinski definition) is 3. The van der Waals surface area contributed by atoms with Crippen molar-refractivity contribution in [3.8, 4) is 0 Å². The van der Waals surface area contributed by atoms with Crippen molar-refractivity contribution >= 4 is 0 Å². The molecule has 1 aliphatic rings. The molecular weight excluding hydrogens is 248 g/mol. The largest absolute Gasteiger partial charge is 0.380 e. The first-order valence-corrected chi connectivity index (χ1v) is 8.13. The van der Waals surface area contributed by atoms with Crippen LogP contribution in [0.5, 0.6) is 0 Å². The number of unbranched alkanes of at least 4 members (excludes halogenated alkanes) is 2. The maximum absolute atomic E-state index is 5.09. The summed E-state index contributed by atoms with van der Waals surface area (Å²) in [7, 11) is 1.70. The number of hydrogen-bond donors (Lipinski definition) is 0. The molecule has 0 N–H and O–H groups in total. The predicted molar refractivity (Wildman–Crippen MR) is 81.6 cm³/mol. The second kappa shape index (κ2) is 8.35. The average molecular weight is 276 g/mol. The fourth-order valence-corrected chi connectivity index (χ4v) is 3.21. The van der Waals surface area contributed by atoms with Crippen molar-refractivity contribution in [1.82, 2.24) is 9.97 Å². The summed E-state index contributed by atoms with van der Waals surface area (Å²) in [5.41, 5.74) is 1.06. The second-order valence-corrected chi connectivity index (χ2v) is 6.10. The van der Waals surface area contributed by atoms with Gasteiger partial charge in [-0.3, -0.25) is 0 Å². The van der Waals surface area contributed by atoms with Crippen LogP contribution in [-0.2, 0) is 11.3 Å². The van der Waals surface area contributed by atoms with E-state index in [1.165, 1.54) is 51.4 Å². The topological polar surface area (TPSA) is 35.0 Å². The van der Waals surface area contributed by atoms with Gasteiger partial charge in [0.05, 0.1) is 6.61 Å². The molecule has 3 nitrogen and oxygen atoms in total. The van der Waals surface area contributed by atoms with Crippen LogP contribution in [0.3, 0.4) is 0 Å². The molecule has 0 aliphatic heterocycles. The molecule has 0 radical (unpaired) electrons. The van der Waals surface area contributed by atoms with Crippen LogP contribution in [0.4, 0.5) is 0 Å². The molecule has 1 aliphatic carbocycles. The molecular formula is C17H28N2O. The maximum Gasteiger partial charge on any atom is 0.131 e. The molecule has 1 fully saturated rings. The second-order valence-electron chi connectivity index (χ2n) is 6.10. The maximum atomic E-state index is 5.09. The van der Waals surface area contributed by atoms with E-state index in [1.807, 2.05) is 12.4 Å². The minimum absolute atomic E-state index is 0.578. The Morgan fingerprint density at radius 2 is 1.80 bits per heavy atom. The number of aromatic nitrogens is 2. The Morgan fingerprint density at radius 3 is 2.40 bits per heavy atom. The molecule has 0 saturated heterocycles. The van der Waals surface area contributed by atoms with Crippen LogP contribution in [0.1, 0.15) is 75.6 Å². The van der Waals surface area contributed by atoms with Crippen LogP contribution >= 0.6 is 0 Å². The molecule has 112 valence electrons. The van der Waals surface area contributed by atoms with E-state index in [1.54, 1.807) is 7.11 Å². The Bertz CT molecular complexity index is 369. The van der Waals surface area contributed by atoms with E-state index >= 15 is 0 Å². The third-order valence-corrected chi connectivity index (χ3v) is 4.46. The van der Waals surface area contributed by atoms with Crippen molar-refractivity contribution in [2.75, 3.05) is 7.11 Å². The lowest BCUT2D eigenvalue weighted by atomic mass is 9.79. The molecule has 0 spiro atoms. The van der Waals surface area contributed by atoms with E-state index < -0.39 is 0 Å². The summed E-state index contributed by atoms with van der Waals surface area (Å²) in [6, 6.07) is 0. The zero-order valence-corrected chi connectivity index (χ0v) is 13.0. The molecule has 0 atom stereocenters. The fraction of sp³-hybridized carbons (Fsp3) is 0.765. The Hall–Kier alpha value is -0.960. The predicted octanol–water partition coefficient (Wildman–Crippen LogP) is 4.48. The van der Waals surface area contributed by atoms with Gasteiger partial charge in [-0.2, -0.15) is 0 Å². The van der Waals surface area contributed by atoms with E-state index in [0.717, 1.165) is 17.3 Å². The highest BCUT2D eigenvalue weighted by Crippen LogP contribution is 2.36. The quantitative estimate of drug-likeness (QED) is 0.689. The van der Waals surface area contributed by atoms with Gasteiger partial charge in [0.1, 0.15) is 5.82 Å². The first-order valence-electron chi connectivity index (χ1n) is 8.13. The minimum atomic E-state index is 0.578. The third-order valence-electron chi connectivity index (χ3n) is 4.46. The van der Waals surface area contributed by atoms with Crippen molar-refractivity contribution in [2.45, 2.75) is 70.8 Å². The average Bonchev–Trinajstić information content (AvgIpc) is 2.49. The molecule has 3 heteroatoms. The van der Waals surface area contributed by atoms with Crippen LogP contribution in [-0.4, -0.2) is 17.1 Å². The zero-order chi connectivity index (χ0) is 14.2. The van der Waals surface area contributed by atoms with Crippen molar-refractivity contribution in [1.29, 1.82) is 0 Å². The normalized spacial score (nSPS) is 22.9. The molecule has 0 unspecified atom stereocenters. The van der Waals surface area contributed by atoms with Crippen molar-refractivity contribution < 1.29 is 4.74 Å². The number of rotatable bonds is 7. The molecule has 0 aromatic carbocycles. The summed E-state index contributed by atoms with van der Waals surface area (Å²) in [5.74, 6) is 2.57. The summed E-state index contributed by atoms with van der Waals surface area (Å²) in [4.78, 5) is 9.06. The minimum Gasteiger partial charge on any atom is -0.380 e. The zero-order valence-electron chi connectivity index (χ0n) is 13.0. The standard InChI is InChI=1S/C17H28N2O/c1-3-4-5-6-14-7-9-16(10-8-14)17-18-11-15(12-19-17)13-20-2/h11-12,14,16H,3-10,13H2,1-2H3. The number of nitrogens with zero attached hydrogens (tertiary/aromatic N) is 2. The van der Waals surface area contributed by atoms with Gasteiger partial charge in [-0.1, -0.05) is 32.6 Å². The van der Waals surface area contributed by atoms with Gasteiger partial charge in [-0.05, 0) is 31.6 Å². The van der Waals surface area contributed by atoms with Gasteiger partial charge in [0, 0.05) is 31.0 Å². The van der Waals surface area contributed by atoms with Gasteiger partial charge in [-0.15, -0.1) is 0 Å². The van der Waals surface area contributed by atoms with Gasteiger partial charge in [0.2, 0.25) is 0 Å². The Morgan fingerprint density at radius 1 is 1.10 bits per heavy atom. The van der Waals surface area contributed by atoms with E-state index in [4.69, 9.17) is 4.74 Å². The lowest BCUT2D eigenvalue weighted by molar-refractivity contribution is 0.184. The molecule has 0 bridgehead atoms. The van der Waals surface area contributed by atoms with Crippen molar-refractivity contribution in [3.05, 3.63) is 23.8 Å². The molecule has 1 aromatic heterocycles. The smallest absolute Gasteiger partial charge is 0.131 e. The summed E-state index contributed by atoms with van der Waals surface area (Å²) >= 11 is 0. The van der Waals surface area contributed by atoms with Crippen LogP contribution in [0.25, 0.3) is 0 Å². The molecule has 2 rings (SSSR count). The van der Waals surface area contributed by atoms with Gasteiger partial charge in [-0.25, -0.2) is 9.97 Å². The van der Waals surface area contributed by atoms with Crippen LogP contribution < -0.4 is 0 Å². The Balaban J connectivity index is 1.78. The monoisotopic (exact) mass is 276 g/mol. The lowest BCUT2D eigenvalue weighted by Crippen LogP contribution is -2.15. The Kier molecular flexibility index (Phi) is 6.44. The third kappa shape index (κ3) is 4.55. The first kappa shape index (κ1) is 15.4. The summed E-state index contributed by atoms with van der Waals surface area (Å²) < 4.78 is 5.09. The SMILES string of the molecule is CCCCCC1CCC(c2ncc(COC)cn2)CC1. The van der Waals surface area contributed by atoms with Gasteiger partial charge >= 0.3 is 0 Å². The highest BCUT2D eigenvalue weighted by Gasteiger charge is 2.23. The van der Waals surface area contributed by atoms with E-state index in [0.29, 0.717) is 12.5 Å². The van der Waals surface area contributed by atoms with Crippen molar-refractivity contribution in [2.24, 2.45) is 5.92 Å². The summed E-state index contributed by atoms with van der Waals surface area (Å²) in [6.07, 6.45) is 14.6. The molecule has 1 heterocycles.